The molecule has 0 heterocycles. The quantitative estimate of drug-likeness (QED) is 0.871. The molecular weight excluding hydrogens is 226 g/mol. The fraction of sp³-hybridized carbons (Fsp3) is 0.533. The lowest BCUT2D eigenvalue weighted by molar-refractivity contribution is -0.140. The Kier molecular flexibility index (Phi) is 4.52. The van der Waals surface area contributed by atoms with Crippen LogP contribution in [-0.2, 0) is 4.79 Å². The van der Waals surface area contributed by atoms with Crippen LogP contribution in [0.4, 0.5) is 0 Å². The number of hydrogen-bond donors (Lipinski definition) is 1. The van der Waals surface area contributed by atoms with Crippen molar-refractivity contribution in [1.82, 2.24) is 4.90 Å². The number of aryl methyl sites for hydroxylation is 1. The average molecular weight is 249 g/mol. The molecule has 1 aromatic rings. The van der Waals surface area contributed by atoms with Crippen molar-refractivity contribution in [3.05, 3.63) is 35.4 Å². The van der Waals surface area contributed by atoms with Crippen molar-refractivity contribution < 1.29 is 9.90 Å². The van der Waals surface area contributed by atoms with E-state index in [1.807, 2.05) is 27.9 Å². The fourth-order valence-electron chi connectivity index (χ4n) is 2.68. The first-order valence-electron chi connectivity index (χ1n) is 6.19. The van der Waals surface area contributed by atoms with E-state index in [4.69, 9.17) is 5.11 Å². The zero-order valence-corrected chi connectivity index (χ0v) is 11.9. The topological polar surface area (TPSA) is 40.5 Å². The molecule has 1 unspecified atom stereocenters. The number of aliphatic carboxylic acids is 1. The van der Waals surface area contributed by atoms with E-state index in [1.54, 1.807) is 0 Å². The molecule has 1 aromatic carbocycles. The molecule has 0 saturated heterocycles. The molecule has 0 fully saturated rings. The van der Waals surface area contributed by atoms with E-state index in [9.17, 15) is 4.79 Å². The second-order valence-electron chi connectivity index (χ2n) is 5.84. The molecule has 0 spiro atoms. The van der Waals surface area contributed by atoms with Crippen LogP contribution in [0.5, 0.6) is 0 Å². The molecule has 0 aliphatic carbocycles. The van der Waals surface area contributed by atoms with E-state index in [0.29, 0.717) is 0 Å². The first-order chi connectivity index (χ1) is 8.24. The number of carboxylic acid groups (broad SMARTS) is 1. The largest absolute Gasteiger partial charge is 0.481 e. The Morgan fingerprint density at radius 3 is 2.17 bits per heavy atom. The SMILES string of the molecule is Cc1ccc(C(N(C)C)C(C)(C)CC(=O)O)cc1. The first kappa shape index (κ1) is 14.7. The van der Waals surface area contributed by atoms with E-state index in [1.165, 1.54) is 5.56 Å². The Morgan fingerprint density at radius 2 is 1.78 bits per heavy atom. The zero-order valence-electron chi connectivity index (χ0n) is 11.9. The van der Waals surface area contributed by atoms with Crippen LogP contribution in [0, 0.1) is 12.3 Å². The third-order valence-electron chi connectivity index (χ3n) is 3.26. The number of nitrogens with zero attached hydrogens (tertiary/aromatic N) is 1. The Labute approximate surface area is 109 Å². The Balaban J connectivity index is 3.09. The van der Waals surface area contributed by atoms with Crippen LogP contribution in [0.2, 0.25) is 0 Å². The first-order valence-corrected chi connectivity index (χ1v) is 6.19. The van der Waals surface area contributed by atoms with E-state index >= 15 is 0 Å². The molecule has 1 atom stereocenters. The van der Waals surface area contributed by atoms with Gasteiger partial charge in [0.25, 0.3) is 0 Å². The minimum atomic E-state index is -0.751. The van der Waals surface area contributed by atoms with Gasteiger partial charge < -0.3 is 10.0 Å². The third kappa shape index (κ3) is 3.57. The van der Waals surface area contributed by atoms with Crippen molar-refractivity contribution in [1.29, 1.82) is 0 Å². The lowest BCUT2D eigenvalue weighted by Crippen LogP contribution is -2.35. The summed E-state index contributed by atoms with van der Waals surface area (Å²) in [7, 11) is 3.99. The maximum Gasteiger partial charge on any atom is 0.303 e. The van der Waals surface area contributed by atoms with Gasteiger partial charge in [0.1, 0.15) is 0 Å². The minimum absolute atomic E-state index is 0.0919. The number of carboxylic acids is 1. The lowest BCUT2D eigenvalue weighted by atomic mass is 9.77. The maximum atomic E-state index is 11.0. The molecule has 3 heteroatoms. The minimum Gasteiger partial charge on any atom is -0.481 e. The molecule has 0 aliphatic rings. The van der Waals surface area contributed by atoms with Gasteiger partial charge in [-0.05, 0) is 32.0 Å². The van der Waals surface area contributed by atoms with Crippen LogP contribution in [0.25, 0.3) is 0 Å². The summed E-state index contributed by atoms with van der Waals surface area (Å²) in [5.74, 6) is -0.751. The van der Waals surface area contributed by atoms with Gasteiger partial charge in [0, 0.05) is 6.04 Å². The predicted molar refractivity (Wildman–Crippen MR) is 73.6 cm³/mol. The Morgan fingerprint density at radius 1 is 1.28 bits per heavy atom. The van der Waals surface area contributed by atoms with Gasteiger partial charge in [0.2, 0.25) is 0 Å². The molecule has 0 amide bonds. The zero-order chi connectivity index (χ0) is 13.9. The van der Waals surface area contributed by atoms with Crippen molar-refractivity contribution >= 4 is 5.97 Å². The average Bonchev–Trinajstić information content (AvgIpc) is 2.18. The second kappa shape index (κ2) is 5.53. The molecule has 0 aromatic heterocycles. The van der Waals surface area contributed by atoms with Crippen molar-refractivity contribution in [3.63, 3.8) is 0 Å². The van der Waals surface area contributed by atoms with Gasteiger partial charge in [-0.2, -0.15) is 0 Å². The summed E-state index contributed by atoms with van der Waals surface area (Å²) in [5.41, 5.74) is 2.06. The summed E-state index contributed by atoms with van der Waals surface area (Å²) in [4.78, 5) is 13.1. The highest BCUT2D eigenvalue weighted by Crippen LogP contribution is 2.39. The molecule has 0 saturated carbocycles. The summed E-state index contributed by atoms with van der Waals surface area (Å²) in [6.07, 6.45) is 0.156. The van der Waals surface area contributed by atoms with Crippen LogP contribution in [-0.4, -0.2) is 30.1 Å². The van der Waals surface area contributed by atoms with Crippen LogP contribution >= 0.6 is 0 Å². The normalized spacial score (nSPS) is 13.7. The smallest absolute Gasteiger partial charge is 0.303 e. The molecular formula is C15H23NO2. The van der Waals surface area contributed by atoms with Crippen molar-refractivity contribution in [2.75, 3.05) is 14.1 Å². The van der Waals surface area contributed by atoms with E-state index in [0.717, 1.165) is 5.56 Å². The Hall–Kier alpha value is -1.35. The van der Waals surface area contributed by atoms with Crippen molar-refractivity contribution in [3.8, 4) is 0 Å². The van der Waals surface area contributed by atoms with Crippen molar-refractivity contribution in [2.45, 2.75) is 33.2 Å². The third-order valence-corrected chi connectivity index (χ3v) is 3.26. The summed E-state index contributed by atoms with van der Waals surface area (Å²) in [6.45, 7) is 6.06. The van der Waals surface area contributed by atoms with E-state index in [2.05, 4.69) is 36.1 Å². The molecule has 18 heavy (non-hydrogen) atoms. The molecule has 100 valence electrons. The van der Waals surface area contributed by atoms with Gasteiger partial charge in [-0.1, -0.05) is 43.7 Å². The summed E-state index contributed by atoms with van der Waals surface area (Å²) in [6, 6.07) is 8.41. The number of hydrogen-bond acceptors (Lipinski definition) is 2. The molecule has 0 radical (unpaired) electrons. The highest BCUT2D eigenvalue weighted by Gasteiger charge is 2.34. The summed E-state index contributed by atoms with van der Waals surface area (Å²) < 4.78 is 0. The molecule has 1 rings (SSSR count). The van der Waals surface area contributed by atoms with Crippen LogP contribution in [0.3, 0.4) is 0 Å². The number of rotatable bonds is 5. The monoisotopic (exact) mass is 249 g/mol. The molecule has 1 N–H and O–H groups in total. The van der Waals surface area contributed by atoms with Gasteiger partial charge in [0.15, 0.2) is 0 Å². The van der Waals surface area contributed by atoms with Gasteiger partial charge in [-0.25, -0.2) is 0 Å². The van der Waals surface area contributed by atoms with Crippen molar-refractivity contribution in [2.24, 2.45) is 5.41 Å². The van der Waals surface area contributed by atoms with Crippen LogP contribution in [0.1, 0.15) is 37.4 Å². The molecule has 3 nitrogen and oxygen atoms in total. The second-order valence-corrected chi connectivity index (χ2v) is 5.84. The predicted octanol–water partition coefficient (Wildman–Crippen LogP) is 3.10. The molecule has 0 bridgehead atoms. The van der Waals surface area contributed by atoms with Gasteiger partial charge in [-0.3, -0.25) is 4.79 Å². The molecule has 0 aliphatic heterocycles. The lowest BCUT2D eigenvalue weighted by Gasteiger charge is -2.38. The standard InChI is InChI=1S/C15H23NO2/c1-11-6-8-12(9-7-11)14(16(4)5)15(2,3)10-13(17)18/h6-9,14H,10H2,1-5H3,(H,17,18). The maximum absolute atomic E-state index is 11.0. The summed E-state index contributed by atoms with van der Waals surface area (Å²) >= 11 is 0. The summed E-state index contributed by atoms with van der Waals surface area (Å²) in [5, 5.41) is 9.05. The van der Waals surface area contributed by atoms with Gasteiger partial charge in [0.05, 0.1) is 6.42 Å². The van der Waals surface area contributed by atoms with E-state index < -0.39 is 5.97 Å². The number of benzene rings is 1. The fourth-order valence-corrected chi connectivity index (χ4v) is 2.68. The highest BCUT2D eigenvalue weighted by molar-refractivity contribution is 5.67. The van der Waals surface area contributed by atoms with Crippen LogP contribution < -0.4 is 0 Å². The van der Waals surface area contributed by atoms with Gasteiger partial charge in [-0.15, -0.1) is 0 Å². The Bertz CT molecular complexity index is 407. The van der Waals surface area contributed by atoms with Crippen LogP contribution in [0.15, 0.2) is 24.3 Å². The van der Waals surface area contributed by atoms with Gasteiger partial charge >= 0.3 is 5.97 Å². The van der Waals surface area contributed by atoms with E-state index in [-0.39, 0.29) is 17.9 Å². The number of carbonyl (C=O) groups is 1. The highest BCUT2D eigenvalue weighted by atomic mass is 16.4.